The molecule has 2 aromatic rings. The van der Waals surface area contributed by atoms with E-state index >= 15 is 0 Å². The zero-order valence-electron chi connectivity index (χ0n) is 10.8. The molecule has 0 aromatic carbocycles. The van der Waals surface area contributed by atoms with Gasteiger partial charge in [0.2, 0.25) is 0 Å². The molecule has 0 fully saturated rings. The Bertz CT molecular complexity index is 691. The summed E-state index contributed by atoms with van der Waals surface area (Å²) >= 11 is 0. The van der Waals surface area contributed by atoms with Gasteiger partial charge in [-0.2, -0.15) is 0 Å². The van der Waals surface area contributed by atoms with Gasteiger partial charge in [0.05, 0.1) is 16.6 Å². The average Bonchev–Trinajstić information content (AvgIpc) is 2.38. The minimum atomic E-state index is -1.07. The van der Waals surface area contributed by atoms with Gasteiger partial charge in [-0.3, -0.25) is 9.78 Å². The van der Waals surface area contributed by atoms with Crippen molar-refractivity contribution in [1.29, 1.82) is 0 Å². The molecule has 2 rings (SSSR count). The summed E-state index contributed by atoms with van der Waals surface area (Å²) in [6, 6.07) is 1.54. The van der Waals surface area contributed by atoms with E-state index in [4.69, 9.17) is 0 Å². The van der Waals surface area contributed by atoms with Crippen molar-refractivity contribution in [3.63, 3.8) is 0 Å². The van der Waals surface area contributed by atoms with Crippen molar-refractivity contribution in [2.75, 3.05) is 12.0 Å². The lowest BCUT2D eigenvalue weighted by molar-refractivity contribution is 0.0697. The summed E-state index contributed by atoms with van der Waals surface area (Å²) in [6.07, 6.45) is 3.73. The summed E-state index contributed by atoms with van der Waals surface area (Å²) in [7, 11) is 0. The zero-order valence-corrected chi connectivity index (χ0v) is 10.8. The topological polar surface area (TPSA) is 84.2 Å². The number of carboxylic acids is 1. The van der Waals surface area contributed by atoms with E-state index in [9.17, 15) is 14.7 Å². The van der Waals surface area contributed by atoms with Crippen LogP contribution in [0.25, 0.3) is 10.8 Å². The molecular formula is C13H15N3O3. The van der Waals surface area contributed by atoms with Crippen LogP contribution in [0, 0.1) is 6.92 Å². The molecule has 0 aliphatic carbocycles. The molecule has 2 heterocycles. The monoisotopic (exact) mass is 261 g/mol. The average molecular weight is 261 g/mol. The number of rotatable bonds is 4. The normalized spacial score (nSPS) is 10.6. The summed E-state index contributed by atoms with van der Waals surface area (Å²) in [5.41, 5.74) is 3.17. The Morgan fingerprint density at radius 1 is 1.47 bits per heavy atom. The van der Waals surface area contributed by atoms with Crippen molar-refractivity contribution >= 4 is 16.7 Å². The molecule has 6 heteroatoms. The Labute approximate surface area is 109 Å². The first-order valence-corrected chi connectivity index (χ1v) is 6.04. The van der Waals surface area contributed by atoms with Gasteiger partial charge < -0.3 is 10.5 Å². The van der Waals surface area contributed by atoms with Crippen LogP contribution in [0.5, 0.6) is 0 Å². The van der Waals surface area contributed by atoms with Gasteiger partial charge in [0, 0.05) is 24.3 Å². The number of nitrogens with one attached hydrogen (secondary N) is 1. The molecule has 100 valence electrons. The molecule has 0 unspecified atom stereocenters. The van der Waals surface area contributed by atoms with Gasteiger partial charge >= 0.3 is 5.97 Å². The van der Waals surface area contributed by atoms with Crippen molar-refractivity contribution in [2.45, 2.75) is 20.3 Å². The molecule has 0 aliphatic heterocycles. The van der Waals surface area contributed by atoms with Crippen LogP contribution in [0.15, 0.2) is 23.3 Å². The van der Waals surface area contributed by atoms with Gasteiger partial charge in [0.15, 0.2) is 0 Å². The van der Waals surface area contributed by atoms with E-state index in [-0.39, 0.29) is 11.1 Å². The third-order valence-corrected chi connectivity index (χ3v) is 2.95. The Kier molecular flexibility index (Phi) is 3.50. The highest BCUT2D eigenvalue weighted by Gasteiger charge is 2.18. The molecule has 6 nitrogen and oxygen atoms in total. The van der Waals surface area contributed by atoms with Crippen LogP contribution in [-0.2, 0) is 0 Å². The predicted octanol–water partition coefficient (Wildman–Crippen LogP) is 1.36. The molecule has 0 amide bonds. The van der Waals surface area contributed by atoms with E-state index in [1.165, 1.54) is 23.1 Å². The van der Waals surface area contributed by atoms with E-state index in [1.54, 1.807) is 6.92 Å². The lowest BCUT2D eigenvalue weighted by Crippen LogP contribution is -2.33. The number of hydrogen-bond acceptors (Lipinski definition) is 4. The van der Waals surface area contributed by atoms with Crippen molar-refractivity contribution in [1.82, 2.24) is 9.66 Å². The van der Waals surface area contributed by atoms with Gasteiger partial charge in [-0.1, -0.05) is 6.92 Å². The van der Waals surface area contributed by atoms with Gasteiger partial charge in [-0.25, -0.2) is 9.47 Å². The smallest absolute Gasteiger partial charge is 0.338 e. The lowest BCUT2D eigenvalue weighted by atomic mass is 10.1. The number of aromatic carboxylic acids is 1. The second-order valence-corrected chi connectivity index (χ2v) is 4.24. The SMILES string of the molecule is CCCNn1c(C)c(C(=O)O)c2cnccc2c1=O. The Morgan fingerprint density at radius 2 is 2.21 bits per heavy atom. The first kappa shape index (κ1) is 13.1. The number of carboxylic acid groups (broad SMARTS) is 1. The minimum Gasteiger partial charge on any atom is -0.478 e. The molecule has 0 aliphatic rings. The van der Waals surface area contributed by atoms with E-state index in [0.717, 1.165) is 6.42 Å². The van der Waals surface area contributed by atoms with Crippen LogP contribution in [0.3, 0.4) is 0 Å². The molecule has 0 saturated heterocycles. The molecule has 0 spiro atoms. The summed E-state index contributed by atoms with van der Waals surface area (Å²) in [4.78, 5) is 27.6. The van der Waals surface area contributed by atoms with Crippen LogP contribution in [0.2, 0.25) is 0 Å². The third-order valence-electron chi connectivity index (χ3n) is 2.95. The Morgan fingerprint density at radius 3 is 2.84 bits per heavy atom. The maximum Gasteiger partial charge on any atom is 0.338 e. The van der Waals surface area contributed by atoms with Gasteiger partial charge in [0.1, 0.15) is 0 Å². The number of hydrogen-bond donors (Lipinski definition) is 2. The fourth-order valence-corrected chi connectivity index (χ4v) is 2.04. The quantitative estimate of drug-likeness (QED) is 0.868. The number of carbonyl (C=O) groups is 1. The van der Waals surface area contributed by atoms with Gasteiger partial charge in [0.25, 0.3) is 5.56 Å². The molecule has 2 aromatic heterocycles. The standard InChI is InChI=1S/C13H15N3O3/c1-3-5-15-16-8(2)11(13(18)19)10-7-14-6-4-9(10)12(16)17/h4,6-7,15H,3,5H2,1-2H3,(H,18,19). The maximum absolute atomic E-state index is 12.3. The summed E-state index contributed by atoms with van der Waals surface area (Å²) in [5, 5.41) is 10.0. The highest BCUT2D eigenvalue weighted by Crippen LogP contribution is 2.17. The van der Waals surface area contributed by atoms with Crippen LogP contribution in [0.4, 0.5) is 0 Å². The maximum atomic E-state index is 12.3. The first-order valence-electron chi connectivity index (χ1n) is 6.04. The second-order valence-electron chi connectivity index (χ2n) is 4.24. The molecule has 0 saturated carbocycles. The van der Waals surface area contributed by atoms with Crippen LogP contribution in [-0.4, -0.2) is 27.3 Å². The van der Waals surface area contributed by atoms with Crippen molar-refractivity contribution < 1.29 is 9.90 Å². The molecule has 0 bridgehead atoms. The Hall–Kier alpha value is -2.37. The van der Waals surface area contributed by atoms with E-state index in [1.807, 2.05) is 6.92 Å². The second kappa shape index (κ2) is 5.09. The summed E-state index contributed by atoms with van der Waals surface area (Å²) in [6.45, 7) is 4.17. The third kappa shape index (κ3) is 2.16. The van der Waals surface area contributed by atoms with Crippen LogP contribution < -0.4 is 11.0 Å². The highest BCUT2D eigenvalue weighted by molar-refractivity contribution is 6.03. The van der Waals surface area contributed by atoms with Crippen LogP contribution in [0.1, 0.15) is 29.4 Å². The molecule has 0 radical (unpaired) electrons. The number of nitrogens with zero attached hydrogens (tertiary/aromatic N) is 2. The fourth-order valence-electron chi connectivity index (χ4n) is 2.04. The lowest BCUT2D eigenvalue weighted by Gasteiger charge is -2.15. The molecular weight excluding hydrogens is 246 g/mol. The van der Waals surface area contributed by atoms with E-state index in [2.05, 4.69) is 10.4 Å². The van der Waals surface area contributed by atoms with Crippen molar-refractivity contribution in [2.24, 2.45) is 0 Å². The van der Waals surface area contributed by atoms with Crippen molar-refractivity contribution in [3.8, 4) is 0 Å². The van der Waals surface area contributed by atoms with E-state index in [0.29, 0.717) is 23.0 Å². The molecule has 2 N–H and O–H groups in total. The largest absolute Gasteiger partial charge is 0.478 e. The summed E-state index contributed by atoms with van der Waals surface area (Å²) < 4.78 is 1.30. The Balaban J connectivity index is 2.83. The molecule has 19 heavy (non-hydrogen) atoms. The van der Waals surface area contributed by atoms with E-state index < -0.39 is 5.97 Å². The van der Waals surface area contributed by atoms with Gasteiger partial charge in [-0.15, -0.1) is 0 Å². The minimum absolute atomic E-state index is 0.103. The number of fused-ring (bicyclic) bond motifs is 1. The summed E-state index contributed by atoms with van der Waals surface area (Å²) in [5.74, 6) is -1.07. The van der Waals surface area contributed by atoms with Crippen molar-refractivity contribution in [3.05, 3.63) is 40.1 Å². The number of pyridine rings is 2. The predicted molar refractivity (Wildman–Crippen MR) is 72.2 cm³/mol. The van der Waals surface area contributed by atoms with Crippen LogP contribution >= 0.6 is 0 Å². The van der Waals surface area contributed by atoms with Gasteiger partial charge in [-0.05, 0) is 19.4 Å². The zero-order chi connectivity index (χ0) is 14.0. The fraction of sp³-hybridized carbons (Fsp3) is 0.308. The molecule has 0 atom stereocenters. The first-order chi connectivity index (χ1) is 9.07. The highest BCUT2D eigenvalue weighted by atomic mass is 16.4. The number of aromatic nitrogens is 2.